The van der Waals surface area contributed by atoms with Crippen LogP contribution in [0.25, 0.3) is 11.1 Å². The second-order valence-electron chi connectivity index (χ2n) is 6.49. The Balaban J connectivity index is 1.39. The highest BCUT2D eigenvalue weighted by Crippen LogP contribution is 2.29. The number of carboxylic acids is 1. The first-order valence-electron chi connectivity index (χ1n) is 9.00. The van der Waals surface area contributed by atoms with Crippen LogP contribution in [0.5, 0.6) is 0 Å². The summed E-state index contributed by atoms with van der Waals surface area (Å²) in [4.78, 5) is 37.5. The third kappa shape index (κ3) is 3.69. The van der Waals surface area contributed by atoms with Crippen LogP contribution in [0, 0.1) is 0 Å². The minimum atomic E-state index is -1.12. The molecule has 0 aliphatic carbocycles. The lowest BCUT2D eigenvalue weighted by Crippen LogP contribution is -2.31. The van der Waals surface area contributed by atoms with Gasteiger partial charge in [0.25, 0.3) is 11.8 Å². The Hall–Kier alpha value is -3.32. The summed E-state index contributed by atoms with van der Waals surface area (Å²) in [6.07, 6.45) is 0. The maximum atomic E-state index is 12.4. The number of aromatic carboxylic acids is 1. The summed E-state index contributed by atoms with van der Waals surface area (Å²) in [7, 11) is 0. The largest absolute Gasteiger partial charge is 0.475 e. The van der Waals surface area contributed by atoms with E-state index >= 15 is 0 Å². The lowest BCUT2D eigenvalue weighted by Gasteiger charge is -2.12. The molecule has 4 rings (SSSR count). The number of hydrogen-bond acceptors (Lipinski definition) is 5. The number of fused-ring (bicyclic) bond motifs is 1. The van der Waals surface area contributed by atoms with E-state index in [0.29, 0.717) is 34.0 Å². The smallest absolute Gasteiger partial charge is 0.372 e. The quantitative estimate of drug-likeness (QED) is 0.467. The van der Waals surface area contributed by atoms with Crippen LogP contribution in [0.4, 0.5) is 0 Å². The van der Waals surface area contributed by atoms with Gasteiger partial charge < -0.3 is 9.52 Å². The van der Waals surface area contributed by atoms with Gasteiger partial charge in [0, 0.05) is 17.9 Å². The SMILES string of the molecule is O=C(O)c1oc(CSCCN2C(=O)c3ccccc3C2=O)cc1-c1ccccc1. The van der Waals surface area contributed by atoms with Crippen molar-refractivity contribution in [2.24, 2.45) is 0 Å². The summed E-state index contributed by atoms with van der Waals surface area (Å²) in [5.74, 6) is -0.259. The molecular weight excluding hydrogens is 390 g/mol. The predicted octanol–water partition coefficient (Wildman–Crippen LogP) is 4.17. The van der Waals surface area contributed by atoms with Gasteiger partial charge in [-0.05, 0) is 23.8 Å². The lowest BCUT2D eigenvalue weighted by atomic mass is 10.1. The van der Waals surface area contributed by atoms with Crippen molar-refractivity contribution in [1.82, 2.24) is 4.90 Å². The van der Waals surface area contributed by atoms with Gasteiger partial charge in [-0.25, -0.2) is 4.79 Å². The van der Waals surface area contributed by atoms with Gasteiger partial charge in [-0.15, -0.1) is 0 Å². The zero-order chi connectivity index (χ0) is 20.4. The lowest BCUT2D eigenvalue weighted by molar-refractivity contribution is 0.0650. The highest BCUT2D eigenvalue weighted by atomic mass is 32.2. The van der Waals surface area contributed by atoms with E-state index in [1.165, 1.54) is 16.7 Å². The summed E-state index contributed by atoms with van der Waals surface area (Å²) in [5, 5.41) is 9.42. The molecule has 0 radical (unpaired) electrons. The van der Waals surface area contributed by atoms with Crippen molar-refractivity contribution in [3.05, 3.63) is 83.3 Å². The highest BCUT2D eigenvalue weighted by molar-refractivity contribution is 7.98. The van der Waals surface area contributed by atoms with E-state index in [2.05, 4.69) is 0 Å². The molecule has 0 bridgehead atoms. The fourth-order valence-electron chi connectivity index (χ4n) is 3.28. The number of thioether (sulfide) groups is 1. The number of amides is 2. The molecule has 29 heavy (non-hydrogen) atoms. The Morgan fingerprint density at radius 3 is 2.17 bits per heavy atom. The first-order chi connectivity index (χ1) is 14.1. The van der Waals surface area contributed by atoms with Crippen molar-refractivity contribution in [3.63, 3.8) is 0 Å². The molecule has 1 aliphatic heterocycles. The van der Waals surface area contributed by atoms with Gasteiger partial charge in [0.2, 0.25) is 5.76 Å². The maximum Gasteiger partial charge on any atom is 0.372 e. The van der Waals surface area contributed by atoms with Crippen LogP contribution in [-0.2, 0) is 5.75 Å². The van der Waals surface area contributed by atoms with Crippen LogP contribution in [0.15, 0.2) is 65.1 Å². The van der Waals surface area contributed by atoms with Gasteiger partial charge in [0.1, 0.15) is 5.76 Å². The van der Waals surface area contributed by atoms with Crippen molar-refractivity contribution < 1.29 is 23.9 Å². The van der Waals surface area contributed by atoms with E-state index in [0.717, 1.165) is 5.56 Å². The van der Waals surface area contributed by atoms with Crippen LogP contribution >= 0.6 is 11.8 Å². The highest BCUT2D eigenvalue weighted by Gasteiger charge is 2.34. The second-order valence-corrected chi connectivity index (χ2v) is 7.59. The molecule has 3 aromatic rings. The third-order valence-corrected chi connectivity index (χ3v) is 5.60. The molecule has 0 atom stereocenters. The molecule has 1 aromatic heterocycles. The molecule has 0 spiro atoms. The van der Waals surface area contributed by atoms with Gasteiger partial charge in [0.05, 0.1) is 16.9 Å². The molecule has 0 saturated carbocycles. The Bertz CT molecular complexity index is 1050. The van der Waals surface area contributed by atoms with Gasteiger partial charge in [-0.1, -0.05) is 42.5 Å². The van der Waals surface area contributed by atoms with Crippen molar-refractivity contribution in [2.75, 3.05) is 12.3 Å². The molecule has 0 fully saturated rings. The van der Waals surface area contributed by atoms with Gasteiger partial charge in [-0.3, -0.25) is 14.5 Å². The molecule has 0 unspecified atom stereocenters. The first kappa shape index (κ1) is 19.0. The van der Waals surface area contributed by atoms with Crippen LogP contribution in [0.2, 0.25) is 0 Å². The molecule has 146 valence electrons. The van der Waals surface area contributed by atoms with E-state index in [4.69, 9.17) is 4.42 Å². The topological polar surface area (TPSA) is 87.8 Å². The number of imide groups is 1. The van der Waals surface area contributed by atoms with E-state index in [-0.39, 0.29) is 24.1 Å². The minimum absolute atomic E-state index is 0.0906. The maximum absolute atomic E-state index is 12.4. The predicted molar refractivity (Wildman–Crippen MR) is 109 cm³/mol. The van der Waals surface area contributed by atoms with Crippen LogP contribution < -0.4 is 0 Å². The van der Waals surface area contributed by atoms with Crippen LogP contribution in [0.1, 0.15) is 37.0 Å². The summed E-state index contributed by atoms with van der Waals surface area (Å²) in [5.41, 5.74) is 2.18. The Morgan fingerprint density at radius 2 is 1.55 bits per heavy atom. The Labute approximate surface area is 171 Å². The van der Waals surface area contributed by atoms with Crippen LogP contribution in [0.3, 0.4) is 0 Å². The summed E-state index contributed by atoms with van der Waals surface area (Å²) in [6.45, 7) is 0.287. The summed E-state index contributed by atoms with van der Waals surface area (Å²) in [6, 6.07) is 17.7. The van der Waals surface area contributed by atoms with Gasteiger partial charge >= 0.3 is 5.97 Å². The van der Waals surface area contributed by atoms with E-state index in [1.807, 2.05) is 30.3 Å². The fourth-order valence-corrected chi connectivity index (χ4v) is 4.07. The van der Waals surface area contributed by atoms with Gasteiger partial charge in [0.15, 0.2) is 0 Å². The summed E-state index contributed by atoms with van der Waals surface area (Å²) >= 11 is 1.47. The monoisotopic (exact) mass is 407 g/mol. The number of carboxylic acid groups (broad SMARTS) is 1. The normalized spacial score (nSPS) is 13.0. The minimum Gasteiger partial charge on any atom is -0.475 e. The molecule has 7 heteroatoms. The number of hydrogen-bond donors (Lipinski definition) is 1. The third-order valence-electron chi connectivity index (χ3n) is 4.64. The fraction of sp³-hybridized carbons (Fsp3) is 0.136. The van der Waals surface area contributed by atoms with Crippen molar-refractivity contribution in [1.29, 1.82) is 0 Å². The average Bonchev–Trinajstić information content (AvgIpc) is 3.27. The molecule has 1 aliphatic rings. The van der Waals surface area contributed by atoms with E-state index in [9.17, 15) is 19.5 Å². The molecular formula is C22H17NO5S. The standard InChI is InChI=1S/C22H17NO5S/c24-20-16-8-4-5-9-17(16)21(25)23(20)10-11-29-13-15-12-18(19(28-15)22(26)27)14-6-2-1-3-7-14/h1-9,12H,10-11,13H2,(H,26,27). The Morgan fingerprint density at radius 1 is 0.931 bits per heavy atom. The van der Waals surface area contributed by atoms with Crippen molar-refractivity contribution in [3.8, 4) is 11.1 Å². The number of nitrogens with zero attached hydrogens (tertiary/aromatic N) is 1. The molecule has 6 nitrogen and oxygen atoms in total. The van der Waals surface area contributed by atoms with E-state index < -0.39 is 5.97 Å². The number of carbonyl (C=O) groups is 3. The molecule has 0 saturated heterocycles. The second kappa shape index (κ2) is 7.97. The van der Waals surface area contributed by atoms with Gasteiger partial charge in [-0.2, -0.15) is 11.8 Å². The van der Waals surface area contributed by atoms with E-state index in [1.54, 1.807) is 30.3 Å². The zero-order valence-corrected chi connectivity index (χ0v) is 16.1. The molecule has 2 amide bonds. The average molecular weight is 407 g/mol. The Kier molecular flexibility index (Phi) is 5.22. The first-order valence-corrected chi connectivity index (χ1v) is 10.2. The van der Waals surface area contributed by atoms with Crippen LogP contribution in [-0.4, -0.2) is 40.1 Å². The number of carbonyl (C=O) groups excluding carboxylic acids is 2. The molecule has 2 aromatic carbocycles. The number of rotatable bonds is 7. The molecule has 2 heterocycles. The summed E-state index contributed by atoms with van der Waals surface area (Å²) < 4.78 is 5.53. The van der Waals surface area contributed by atoms with Crippen molar-refractivity contribution in [2.45, 2.75) is 5.75 Å². The van der Waals surface area contributed by atoms with Crippen molar-refractivity contribution >= 4 is 29.5 Å². The number of benzene rings is 2. The zero-order valence-electron chi connectivity index (χ0n) is 15.3. The molecule has 1 N–H and O–H groups in total. The number of furan rings is 1.